The number of rotatable bonds is 2. The summed E-state index contributed by atoms with van der Waals surface area (Å²) in [6, 6.07) is 14.0. The highest BCUT2D eigenvalue weighted by atomic mass is 35.5. The van der Waals surface area contributed by atoms with Gasteiger partial charge in [0.1, 0.15) is 0 Å². The number of allylic oxidation sites excluding steroid dienone is 2. The van der Waals surface area contributed by atoms with E-state index in [0.29, 0.717) is 35.3 Å². The fourth-order valence-electron chi connectivity index (χ4n) is 4.13. The molecule has 0 bridgehead atoms. The van der Waals surface area contributed by atoms with Gasteiger partial charge in [-0.05, 0) is 37.1 Å². The molecule has 0 fully saturated rings. The molecule has 5 nitrogen and oxygen atoms in total. The van der Waals surface area contributed by atoms with E-state index in [0.717, 1.165) is 5.56 Å². The highest BCUT2D eigenvalue weighted by Gasteiger charge is 2.52. The van der Waals surface area contributed by atoms with Crippen molar-refractivity contribution in [3.8, 4) is 18.2 Å². The minimum Gasteiger partial charge on any atom is -0.399 e. The van der Waals surface area contributed by atoms with Gasteiger partial charge in [0.15, 0.2) is 0 Å². The van der Waals surface area contributed by atoms with Crippen molar-refractivity contribution < 1.29 is 0 Å². The van der Waals surface area contributed by atoms with Gasteiger partial charge >= 0.3 is 0 Å². The van der Waals surface area contributed by atoms with Crippen LogP contribution >= 0.6 is 11.6 Å². The first-order chi connectivity index (χ1) is 12.9. The molecule has 136 valence electrons. The summed E-state index contributed by atoms with van der Waals surface area (Å²) in [6.45, 7) is 5.52. The van der Waals surface area contributed by atoms with Crippen molar-refractivity contribution in [1.29, 1.82) is 15.8 Å². The molecule has 0 saturated carbocycles. The zero-order valence-electron chi connectivity index (χ0n) is 15.3. The molecule has 2 aliphatic rings. The van der Waals surface area contributed by atoms with E-state index in [1.54, 1.807) is 12.1 Å². The summed E-state index contributed by atoms with van der Waals surface area (Å²) >= 11 is 6.03. The van der Waals surface area contributed by atoms with Crippen LogP contribution in [0.25, 0.3) is 0 Å². The van der Waals surface area contributed by atoms with Crippen LogP contribution in [0.5, 0.6) is 0 Å². The molecule has 1 aromatic carbocycles. The van der Waals surface area contributed by atoms with Gasteiger partial charge in [-0.25, -0.2) is 0 Å². The van der Waals surface area contributed by atoms with Gasteiger partial charge in [-0.15, -0.1) is 0 Å². The van der Waals surface area contributed by atoms with Gasteiger partial charge in [-0.3, -0.25) is 4.90 Å². The number of halogens is 1. The lowest BCUT2D eigenvalue weighted by molar-refractivity contribution is 0.186. The topological polar surface area (TPSA) is 101 Å². The zero-order valence-corrected chi connectivity index (χ0v) is 16.0. The normalized spacial score (nSPS) is 24.4. The summed E-state index contributed by atoms with van der Waals surface area (Å²) in [6.07, 6.45) is 1.95. The van der Waals surface area contributed by atoms with E-state index in [-0.39, 0.29) is 17.5 Å². The van der Waals surface area contributed by atoms with Crippen LogP contribution in [0.4, 0.5) is 0 Å². The number of hydrogen-bond donors (Lipinski definition) is 1. The zero-order chi connectivity index (χ0) is 19.8. The molecule has 0 saturated heterocycles. The average molecular weight is 378 g/mol. The predicted octanol–water partition coefficient (Wildman–Crippen LogP) is 3.47. The molecule has 0 aromatic heterocycles. The Balaban J connectivity index is 2.27. The van der Waals surface area contributed by atoms with Gasteiger partial charge in [-0.2, -0.15) is 15.8 Å². The quantitative estimate of drug-likeness (QED) is 0.795. The number of nitrogens with zero attached hydrogens (tertiary/aromatic N) is 4. The molecule has 1 heterocycles. The van der Waals surface area contributed by atoms with Gasteiger partial charge < -0.3 is 5.73 Å². The van der Waals surface area contributed by atoms with Crippen molar-refractivity contribution in [1.82, 2.24) is 4.90 Å². The van der Waals surface area contributed by atoms with Crippen molar-refractivity contribution >= 4 is 11.6 Å². The lowest BCUT2D eigenvalue weighted by Crippen LogP contribution is -2.48. The van der Waals surface area contributed by atoms with E-state index in [1.807, 2.05) is 18.2 Å². The lowest BCUT2D eigenvalue weighted by atomic mass is 9.60. The van der Waals surface area contributed by atoms with Crippen molar-refractivity contribution in [2.75, 3.05) is 13.1 Å². The molecular weight excluding hydrogens is 358 g/mol. The highest BCUT2D eigenvalue weighted by Crippen LogP contribution is 2.52. The summed E-state index contributed by atoms with van der Waals surface area (Å²) in [5.41, 5.74) is 6.67. The summed E-state index contributed by atoms with van der Waals surface area (Å²) in [4.78, 5) is 2.27. The second-order valence-electron chi connectivity index (χ2n) is 7.26. The Kier molecular flexibility index (Phi) is 4.99. The predicted molar refractivity (Wildman–Crippen MR) is 103 cm³/mol. The monoisotopic (exact) mass is 377 g/mol. The van der Waals surface area contributed by atoms with E-state index >= 15 is 0 Å². The molecule has 3 rings (SSSR count). The van der Waals surface area contributed by atoms with Crippen LogP contribution in [0.3, 0.4) is 0 Å². The second-order valence-corrected chi connectivity index (χ2v) is 7.69. The van der Waals surface area contributed by atoms with Crippen molar-refractivity contribution in [2.45, 2.75) is 25.8 Å². The molecule has 0 spiro atoms. The molecular formula is C21H20ClN5. The van der Waals surface area contributed by atoms with E-state index in [2.05, 4.69) is 37.0 Å². The number of benzene rings is 1. The first kappa shape index (κ1) is 19.0. The van der Waals surface area contributed by atoms with Crippen LogP contribution in [0.15, 0.2) is 47.2 Å². The molecule has 0 radical (unpaired) electrons. The van der Waals surface area contributed by atoms with Gasteiger partial charge in [-0.1, -0.05) is 29.8 Å². The number of nitrogens with two attached hydrogens (primary N) is 1. The average Bonchev–Trinajstić information content (AvgIpc) is 2.68. The molecule has 1 aliphatic carbocycles. The van der Waals surface area contributed by atoms with Gasteiger partial charge in [0.25, 0.3) is 0 Å². The minimum absolute atomic E-state index is 0.0513. The maximum Gasteiger partial charge on any atom is 0.204 e. The maximum atomic E-state index is 9.87. The molecule has 27 heavy (non-hydrogen) atoms. The van der Waals surface area contributed by atoms with Crippen LogP contribution in [-0.4, -0.2) is 24.0 Å². The van der Waals surface area contributed by atoms with Crippen molar-refractivity contribution in [3.63, 3.8) is 0 Å². The van der Waals surface area contributed by atoms with E-state index in [9.17, 15) is 15.8 Å². The SMILES string of the molecule is CC(C)N1CC=C2[C@@H](C1)[C@@H](c1ccc(Cl)cc1)C(C#N)=C(N)C2(C#N)C#N. The Morgan fingerprint density at radius 3 is 2.33 bits per heavy atom. The fourth-order valence-corrected chi connectivity index (χ4v) is 4.26. The molecule has 6 heteroatoms. The van der Waals surface area contributed by atoms with Gasteiger partial charge in [0.2, 0.25) is 5.41 Å². The highest BCUT2D eigenvalue weighted by molar-refractivity contribution is 6.30. The minimum atomic E-state index is -1.58. The van der Waals surface area contributed by atoms with Crippen LogP contribution in [-0.2, 0) is 0 Å². The Bertz CT molecular complexity index is 923. The largest absolute Gasteiger partial charge is 0.399 e. The molecule has 0 amide bonds. The third-order valence-corrected chi connectivity index (χ3v) is 5.88. The van der Waals surface area contributed by atoms with Crippen LogP contribution in [0.1, 0.15) is 25.3 Å². The molecule has 1 aliphatic heterocycles. The standard InChI is InChI=1S/C21H20ClN5/c1-13(2)27-8-7-18-17(10-27)19(14-3-5-15(22)6-4-14)16(9-23)20(26)21(18,11-24)12-25/h3-7,13,17,19H,8,10,26H2,1-2H3/t17-,19+/m1/s1. The number of hydrogen-bond acceptors (Lipinski definition) is 5. The van der Waals surface area contributed by atoms with Crippen LogP contribution in [0.2, 0.25) is 5.02 Å². The van der Waals surface area contributed by atoms with E-state index < -0.39 is 5.41 Å². The van der Waals surface area contributed by atoms with Crippen LogP contribution in [0, 0.1) is 45.3 Å². The third kappa shape index (κ3) is 2.88. The van der Waals surface area contributed by atoms with E-state index in [4.69, 9.17) is 17.3 Å². The number of nitriles is 3. The Morgan fingerprint density at radius 1 is 1.19 bits per heavy atom. The second kappa shape index (κ2) is 7.09. The smallest absolute Gasteiger partial charge is 0.204 e. The maximum absolute atomic E-state index is 9.87. The Morgan fingerprint density at radius 2 is 1.81 bits per heavy atom. The molecule has 2 atom stereocenters. The first-order valence-corrected chi connectivity index (χ1v) is 9.20. The summed E-state index contributed by atoms with van der Waals surface area (Å²) in [7, 11) is 0. The van der Waals surface area contributed by atoms with Crippen LogP contribution < -0.4 is 5.73 Å². The first-order valence-electron chi connectivity index (χ1n) is 8.82. The van der Waals surface area contributed by atoms with Crippen molar-refractivity contribution in [2.24, 2.45) is 17.1 Å². The van der Waals surface area contributed by atoms with Gasteiger partial charge in [0.05, 0.1) is 29.5 Å². The Hall–Kier alpha value is -2.78. The Labute approximate surface area is 164 Å². The third-order valence-electron chi connectivity index (χ3n) is 5.63. The lowest BCUT2D eigenvalue weighted by Gasteiger charge is -2.46. The molecule has 2 N–H and O–H groups in total. The fraction of sp³-hybridized carbons (Fsp3) is 0.381. The summed E-state index contributed by atoms with van der Waals surface area (Å²) < 4.78 is 0. The molecule has 1 aromatic rings. The molecule has 0 unspecified atom stereocenters. The summed E-state index contributed by atoms with van der Waals surface area (Å²) in [5.74, 6) is -0.488. The summed E-state index contributed by atoms with van der Waals surface area (Å²) in [5, 5.41) is 30.2. The number of fused-ring (bicyclic) bond motifs is 1. The van der Waals surface area contributed by atoms with Crippen molar-refractivity contribution in [3.05, 3.63) is 57.8 Å². The van der Waals surface area contributed by atoms with E-state index in [1.165, 1.54) is 0 Å². The van der Waals surface area contributed by atoms with Gasteiger partial charge in [0, 0.05) is 36.0 Å².